The van der Waals surface area contributed by atoms with Gasteiger partial charge in [0.05, 0.1) is 5.69 Å². The molecule has 0 saturated carbocycles. The Morgan fingerprint density at radius 3 is 2.92 bits per heavy atom. The summed E-state index contributed by atoms with van der Waals surface area (Å²) in [7, 11) is 0. The average Bonchev–Trinajstić information content (AvgIpc) is 2.30. The summed E-state index contributed by atoms with van der Waals surface area (Å²) >= 11 is 5.03. The number of hydrogen-bond acceptors (Lipinski definition) is 3. The standard InChI is InChI=1S/C7H12N4S/c1-3-9-7(12)11-6(8)4-5(2)10-11/h4H,3,8H2,1-2H3,(H,9,12). The summed E-state index contributed by atoms with van der Waals surface area (Å²) in [5, 5.41) is 7.63. The van der Waals surface area contributed by atoms with Crippen LogP contribution in [-0.2, 0) is 0 Å². The second-order valence-electron chi connectivity index (χ2n) is 2.46. The first-order valence-electron chi connectivity index (χ1n) is 3.75. The molecule has 0 bridgehead atoms. The van der Waals surface area contributed by atoms with E-state index in [0.717, 1.165) is 12.2 Å². The van der Waals surface area contributed by atoms with E-state index in [0.29, 0.717) is 10.9 Å². The van der Waals surface area contributed by atoms with Crippen molar-refractivity contribution in [1.29, 1.82) is 0 Å². The van der Waals surface area contributed by atoms with E-state index in [1.165, 1.54) is 4.68 Å². The Hall–Kier alpha value is -1.10. The van der Waals surface area contributed by atoms with Gasteiger partial charge in [-0.15, -0.1) is 0 Å². The maximum Gasteiger partial charge on any atom is 0.195 e. The van der Waals surface area contributed by atoms with Crippen molar-refractivity contribution in [3.63, 3.8) is 0 Å². The van der Waals surface area contributed by atoms with Crippen LogP contribution in [0.4, 0.5) is 5.82 Å². The molecule has 4 nitrogen and oxygen atoms in total. The first-order chi connectivity index (χ1) is 5.65. The molecule has 0 unspecified atom stereocenters. The lowest BCUT2D eigenvalue weighted by atomic mass is 10.5. The Morgan fingerprint density at radius 2 is 2.50 bits per heavy atom. The minimum absolute atomic E-state index is 0.545. The van der Waals surface area contributed by atoms with Crippen LogP contribution in [0.5, 0.6) is 0 Å². The van der Waals surface area contributed by atoms with Crippen molar-refractivity contribution in [2.75, 3.05) is 12.3 Å². The molecule has 0 aliphatic carbocycles. The predicted octanol–water partition coefficient (Wildman–Crippen LogP) is 0.516. The van der Waals surface area contributed by atoms with E-state index >= 15 is 0 Å². The van der Waals surface area contributed by atoms with Gasteiger partial charge in [-0.05, 0) is 26.1 Å². The predicted molar refractivity (Wildman–Crippen MR) is 53.0 cm³/mol. The van der Waals surface area contributed by atoms with Crippen molar-refractivity contribution in [3.05, 3.63) is 11.8 Å². The minimum Gasteiger partial charge on any atom is -0.383 e. The molecule has 0 radical (unpaired) electrons. The number of nitrogens with one attached hydrogen (secondary N) is 1. The maximum atomic E-state index is 5.65. The van der Waals surface area contributed by atoms with Crippen molar-refractivity contribution >= 4 is 23.1 Å². The van der Waals surface area contributed by atoms with Crippen molar-refractivity contribution in [2.24, 2.45) is 0 Å². The summed E-state index contributed by atoms with van der Waals surface area (Å²) in [6.07, 6.45) is 0. The van der Waals surface area contributed by atoms with Gasteiger partial charge in [-0.3, -0.25) is 0 Å². The molecule has 0 spiro atoms. The van der Waals surface area contributed by atoms with E-state index in [4.69, 9.17) is 18.0 Å². The molecule has 0 aliphatic rings. The Balaban J connectivity index is 2.87. The van der Waals surface area contributed by atoms with Gasteiger partial charge in [0.25, 0.3) is 0 Å². The van der Waals surface area contributed by atoms with Gasteiger partial charge < -0.3 is 11.1 Å². The van der Waals surface area contributed by atoms with Crippen LogP contribution >= 0.6 is 12.2 Å². The summed E-state index contributed by atoms with van der Waals surface area (Å²) in [5.41, 5.74) is 6.51. The van der Waals surface area contributed by atoms with E-state index in [9.17, 15) is 0 Å². The second-order valence-corrected chi connectivity index (χ2v) is 2.84. The quantitative estimate of drug-likeness (QED) is 0.625. The highest BCUT2D eigenvalue weighted by Crippen LogP contribution is 2.03. The molecular weight excluding hydrogens is 172 g/mol. The molecule has 12 heavy (non-hydrogen) atoms. The monoisotopic (exact) mass is 184 g/mol. The number of aromatic nitrogens is 2. The summed E-state index contributed by atoms with van der Waals surface area (Å²) in [4.78, 5) is 0. The summed E-state index contributed by atoms with van der Waals surface area (Å²) in [6.45, 7) is 4.62. The highest BCUT2D eigenvalue weighted by atomic mass is 32.1. The first-order valence-corrected chi connectivity index (χ1v) is 4.16. The SMILES string of the molecule is CCNC(=S)n1nc(C)cc1N. The number of nitrogens with zero attached hydrogens (tertiary/aromatic N) is 2. The third kappa shape index (κ3) is 1.73. The average molecular weight is 184 g/mol. The molecule has 0 saturated heterocycles. The van der Waals surface area contributed by atoms with E-state index < -0.39 is 0 Å². The molecule has 1 aromatic rings. The van der Waals surface area contributed by atoms with Crippen LogP contribution in [0.25, 0.3) is 0 Å². The molecule has 0 fully saturated rings. The van der Waals surface area contributed by atoms with Crippen molar-refractivity contribution in [2.45, 2.75) is 13.8 Å². The number of nitrogen functional groups attached to an aromatic ring is 1. The highest BCUT2D eigenvalue weighted by molar-refractivity contribution is 7.80. The second kappa shape index (κ2) is 3.53. The fourth-order valence-corrected chi connectivity index (χ4v) is 1.20. The molecule has 1 aromatic heterocycles. The highest BCUT2D eigenvalue weighted by Gasteiger charge is 2.04. The molecule has 1 rings (SSSR count). The molecule has 0 atom stereocenters. The van der Waals surface area contributed by atoms with E-state index in [2.05, 4.69) is 10.4 Å². The molecule has 66 valence electrons. The maximum absolute atomic E-state index is 5.65. The van der Waals surface area contributed by atoms with Crippen molar-refractivity contribution in [3.8, 4) is 0 Å². The van der Waals surface area contributed by atoms with Gasteiger partial charge in [-0.1, -0.05) is 0 Å². The zero-order chi connectivity index (χ0) is 9.14. The largest absolute Gasteiger partial charge is 0.383 e. The van der Waals surface area contributed by atoms with Gasteiger partial charge in [0.15, 0.2) is 5.11 Å². The molecule has 3 N–H and O–H groups in total. The van der Waals surface area contributed by atoms with Crippen LogP contribution in [-0.4, -0.2) is 21.4 Å². The van der Waals surface area contributed by atoms with E-state index in [-0.39, 0.29) is 0 Å². The van der Waals surface area contributed by atoms with Gasteiger partial charge in [0.1, 0.15) is 5.82 Å². The topological polar surface area (TPSA) is 55.9 Å². The first kappa shape index (κ1) is 8.99. The Kier molecular flexibility index (Phi) is 2.65. The number of aryl methyl sites for hydroxylation is 1. The number of hydrogen-bond donors (Lipinski definition) is 2. The third-order valence-corrected chi connectivity index (χ3v) is 1.70. The molecule has 5 heteroatoms. The lowest BCUT2D eigenvalue weighted by Crippen LogP contribution is -2.29. The summed E-state index contributed by atoms with van der Waals surface area (Å²) in [6, 6.07) is 1.78. The Bertz CT molecular complexity index is 292. The smallest absolute Gasteiger partial charge is 0.195 e. The van der Waals surface area contributed by atoms with E-state index in [1.807, 2.05) is 13.8 Å². The fourth-order valence-electron chi connectivity index (χ4n) is 0.908. The van der Waals surface area contributed by atoms with Gasteiger partial charge in [-0.25, -0.2) is 0 Å². The Morgan fingerprint density at radius 1 is 1.83 bits per heavy atom. The van der Waals surface area contributed by atoms with Crippen LogP contribution in [0, 0.1) is 6.92 Å². The zero-order valence-corrected chi connectivity index (χ0v) is 7.98. The van der Waals surface area contributed by atoms with Crippen LogP contribution < -0.4 is 11.1 Å². The fraction of sp³-hybridized carbons (Fsp3) is 0.429. The summed E-state index contributed by atoms with van der Waals surface area (Å²) in [5.74, 6) is 0.568. The number of thiocarbonyl (C=S) groups is 1. The van der Waals surface area contributed by atoms with Crippen LogP contribution in [0.2, 0.25) is 0 Å². The zero-order valence-electron chi connectivity index (χ0n) is 7.16. The van der Waals surface area contributed by atoms with Crippen molar-refractivity contribution in [1.82, 2.24) is 15.1 Å². The number of anilines is 1. The van der Waals surface area contributed by atoms with Crippen LogP contribution in [0.1, 0.15) is 12.6 Å². The Labute approximate surface area is 76.7 Å². The summed E-state index contributed by atoms with van der Waals surface area (Å²) < 4.78 is 1.52. The molecular formula is C7H12N4S. The van der Waals surface area contributed by atoms with Crippen molar-refractivity contribution < 1.29 is 0 Å². The molecule has 0 aromatic carbocycles. The van der Waals surface area contributed by atoms with Gasteiger partial charge >= 0.3 is 0 Å². The molecule has 0 amide bonds. The lowest BCUT2D eigenvalue weighted by molar-refractivity contribution is 0.856. The van der Waals surface area contributed by atoms with E-state index in [1.54, 1.807) is 6.07 Å². The third-order valence-electron chi connectivity index (χ3n) is 1.38. The van der Waals surface area contributed by atoms with Gasteiger partial charge in [0.2, 0.25) is 0 Å². The van der Waals surface area contributed by atoms with Crippen LogP contribution in [0.3, 0.4) is 0 Å². The van der Waals surface area contributed by atoms with Gasteiger partial charge in [-0.2, -0.15) is 9.78 Å². The molecule has 1 heterocycles. The normalized spacial score (nSPS) is 9.83. The van der Waals surface area contributed by atoms with Crippen LogP contribution in [0.15, 0.2) is 6.07 Å². The number of rotatable bonds is 1. The molecule has 0 aliphatic heterocycles. The minimum atomic E-state index is 0.545. The van der Waals surface area contributed by atoms with Gasteiger partial charge in [0, 0.05) is 12.6 Å². The lowest BCUT2D eigenvalue weighted by Gasteiger charge is -2.05. The number of nitrogens with two attached hydrogens (primary N) is 1.